The zero-order valence-electron chi connectivity index (χ0n) is 17.8. The number of hydrogen-bond acceptors (Lipinski definition) is 5. The summed E-state index contributed by atoms with van der Waals surface area (Å²) >= 11 is 1.04. The average Bonchev–Trinajstić information content (AvgIpc) is 3.54. The van der Waals surface area contributed by atoms with Gasteiger partial charge in [0.25, 0.3) is 0 Å². The van der Waals surface area contributed by atoms with Crippen LogP contribution < -0.4 is 10.6 Å². The van der Waals surface area contributed by atoms with Crippen LogP contribution in [0, 0.1) is 12.1 Å². The zero-order chi connectivity index (χ0) is 22.4. The Labute approximate surface area is 186 Å². The molecule has 0 aliphatic carbocycles. The van der Waals surface area contributed by atoms with Crippen molar-refractivity contribution in [3.8, 4) is 22.1 Å². The maximum Gasteiger partial charge on any atom is 0.177 e. The summed E-state index contributed by atoms with van der Waals surface area (Å²) in [4.78, 5) is 17.5. The Morgan fingerprint density at radius 3 is 2.78 bits per heavy atom. The largest absolute Gasteiger partial charge is 0.336 e. The lowest BCUT2D eigenvalue weighted by molar-refractivity contribution is 0.657. The summed E-state index contributed by atoms with van der Waals surface area (Å²) in [6.07, 6.45) is 7.49. The highest BCUT2D eigenvalue weighted by atomic mass is 32.1. The summed E-state index contributed by atoms with van der Waals surface area (Å²) < 4.78 is 15.6. The number of nitrogens with zero attached hydrogens (tertiary/aromatic N) is 5. The van der Waals surface area contributed by atoms with Crippen molar-refractivity contribution in [2.24, 2.45) is 7.05 Å². The van der Waals surface area contributed by atoms with E-state index < -0.39 is 0 Å². The van der Waals surface area contributed by atoms with Crippen LogP contribution in [-0.4, -0.2) is 34.7 Å². The highest BCUT2D eigenvalue weighted by Crippen LogP contribution is 2.31. The third-order valence-corrected chi connectivity index (χ3v) is 6.34. The normalized spacial score (nSPS) is 12.9. The van der Waals surface area contributed by atoms with Crippen molar-refractivity contribution in [1.29, 1.82) is 0 Å². The summed E-state index contributed by atoms with van der Waals surface area (Å²) in [5, 5.41) is 8.72. The van der Waals surface area contributed by atoms with Crippen LogP contribution in [0.1, 0.15) is 18.4 Å². The zero-order valence-corrected chi connectivity index (χ0v) is 18.6. The van der Waals surface area contributed by atoms with Crippen LogP contribution in [0.5, 0.6) is 0 Å². The fraction of sp³-hybridized carbons (Fsp3) is 0.130. The average molecular weight is 446 g/mol. The van der Waals surface area contributed by atoms with Crippen LogP contribution in [0.15, 0.2) is 36.7 Å². The van der Waals surface area contributed by atoms with E-state index in [4.69, 9.17) is 4.98 Å². The molecule has 0 saturated carbocycles. The molecule has 0 radical (unpaired) electrons. The Bertz CT molecular complexity index is 1600. The predicted molar refractivity (Wildman–Crippen MR) is 126 cm³/mol. The van der Waals surface area contributed by atoms with Gasteiger partial charge in [0.1, 0.15) is 22.7 Å². The van der Waals surface area contributed by atoms with Crippen molar-refractivity contribution in [2.75, 3.05) is 0 Å². The number of allylic oxidation sites excluding steroid dienone is 2. The topological polar surface area (TPSA) is 88.1 Å². The fourth-order valence-corrected chi connectivity index (χ4v) is 4.27. The van der Waals surface area contributed by atoms with Gasteiger partial charge < -0.3 is 9.55 Å². The molecular formula is C23H20FN7S. The minimum absolute atomic E-state index is 0.258. The number of halogens is 1. The number of thiophene rings is 1. The standard InChI is InChI=1S/C23H20FN7S/c1-12(17-11-26-14(3)31(17)4)5-6-15-13(2)20(30-29-15)23-27-16-9-10-25-22(21(16)28-23)18-7-8-19(24)32-18/h5-11,29H,2H2,1,3-4H3,(H,27,28)/b12-5+,15-6+. The van der Waals surface area contributed by atoms with Gasteiger partial charge in [-0.2, -0.15) is 9.49 Å². The van der Waals surface area contributed by atoms with Crippen molar-refractivity contribution in [3.05, 3.63) is 63.9 Å². The molecular weight excluding hydrogens is 425 g/mol. The summed E-state index contributed by atoms with van der Waals surface area (Å²) in [7, 11) is 1.99. The molecule has 0 saturated heterocycles. The lowest BCUT2D eigenvalue weighted by Crippen LogP contribution is -2.21. The number of H-pyrrole nitrogens is 2. The van der Waals surface area contributed by atoms with E-state index in [9.17, 15) is 4.39 Å². The molecule has 32 heavy (non-hydrogen) atoms. The van der Waals surface area contributed by atoms with Crippen LogP contribution in [0.25, 0.3) is 51.4 Å². The Balaban J connectivity index is 1.55. The SMILES string of the molecule is C=c1c(-c2nc3c(-c4ccc(F)s4)nccc3[nH]2)n[nH]/c1=C/C=C(\C)c1cnc(C)n1C. The molecule has 0 atom stereocenters. The number of pyridine rings is 1. The van der Waals surface area contributed by atoms with Crippen molar-refractivity contribution in [1.82, 2.24) is 34.7 Å². The van der Waals surface area contributed by atoms with Gasteiger partial charge in [-0.3, -0.25) is 10.1 Å². The third-order valence-electron chi connectivity index (χ3n) is 5.46. The molecule has 0 amide bonds. The first kappa shape index (κ1) is 20.1. The van der Waals surface area contributed by atoms with E-state index in [0.29, 0.717) is 22.7 Å². The van der Waals surface area contributed by atoms with Gasteiger partial charge >= 0.3 is 0 Å². The maximum atomic E-state index is 13.5. The fourth-order valence-electron chi connectivity index (χ4n) is 3.54. The highest BCUT2D eigenvalue weighted by molar-refractivity contribution is 7.13. The molecule has 5 aromatic heterocycles. The molecule has 5 rings (SSSR count). The number of hydrogen-bond donors (Lipinski definition) is 2. The van der Waals surface area contributed by atoms with Gasteiger partial charge in [0.2, 0.25) is 0 Å². The minimum Gasteiger partial charge on any atom is -0.336 e. The van der Waals surface area contributed by atoms with E-state index in [0.717, 1.165) is 49.4 Å². The van der Waals surface area contributed by atoms with Gasteiger partial charge in [-0.25, -0.2) is 9.97 Å². The summed E-state index contributed by atoms with van der Waals surface area (Å²) in [6, 6.07) is 4.98. The van der Waals surface area contributed by atoms with Gasteiger partial charge in [-0.15, -0.1) is 11.3 Å². The second-order valence-electron chi connectivity index (χ2n) is 7.48. The molecule has 0 aliphatic heterocycles. The highest BCUT2D eigenvalue weighted by Gasteiger charge is 2.15. The smallest absolute Gasteiger partial charge is 0.177 e. The molecule has 5 aromatic rings. The molecule has 0 aromatic carbocycles. The lowest BCUT2D eigenvalue weighted by atomic mass is 10.2. The van der Waals surface area contributed by atoms with E-state index in [-0.39, 0.29) is 5.13 Å². The van der Waals surface area contributed by atoms with Crippen molar-refractivity contribution >= 4 is 40.6 Å². The van der Waals surface area contributed by atoms with E-state index in [1.807, 2.05) is 49.9 Å². The van der Waals surface area contributed by atoms with Crippen molar-refractivity contribution < 1.29 is 4.39 Å². The van der Waals surface area contributed by atoms with Gasteiger partial charge in [-0.05, 0) is 43.7 Å². The van der Waals surface area contributed by atoms with Crippen LogP contribution >= 0.6 is 11.3 Å². The minimum atomic E-state index is -0.258. The number of imidazole rings is 2. The van der Waals surface area contributed by atoms with Gasteiger partial charge in [0, 0.05) is 18.5 Å². The van der Waals surface area contributed by atoms with Crippen LogP contribution in [0.2, 0.25) is 0 Å². The number of aromatic amines is 2. The molecule has 0 spiro atoms. The molecule has 160 valence electrons. The molecule has 0 aliphatic rings. The number of fused-ring (bicyclic) bond motifs is 1. The molecule has 5 heterocycles. The molecule has 0 bridgehead atoms. The maximum absolute atomic E-state index is 13.5. The van der Waals surface area contributed by atoms with Crippen molar-refractivity contribution in [2.45, 2.75) is 13.8 Å². The summed E-state index contributed by atoms with van der Waals surface area (Å²) in [5.41, 5.74) is 4.85. The Kier molecular flexibility index (Phi) is 4.82. The van der Waals surface area contributed by atoms with E-state index in [1.165, 1.54) is 6.07 Å². The Hall–Kier alpha value is -3.85. The number of nitrogens with one attached hydrogen (secondary N) is 2. The van der Waals surface area contributed by atoms with E-state index in [2.05, 4.69) is 31.7 Å². The lowest BCUT2D eigenvalue weighted by Gasteiger charge is -2.02. The molecule has 9 heteroatoms. The third kappa shape index (κ3) is 3.36. The Morgan fingerprint density at radius 2 is 2.06 bits per heavy atom. The van der Waals surface area contributed by atoms with E-state index in [1.54, 1.807) is 12.3 Å². The second kappa shape index (κ2) is 7.69. The number of rotatable bonds is 4. The molecule has 7 nitrogen and oxygen atoms in total. The molecule has 2 N–H and O–H groups in total. The first-order valence-electron chi connectivity index (χ1n) is 9.94. The Morgan fingerprint density at radius 1 is 1.22 bits per heavy atom. The van der Waals surface area contributed by atoms with E-state index >= 15 is 0 Å². The number of aromatic nitrogens is 7. The van der Waals surface area contributed by atoms with Crippen molar-refractivity contribution in [3.63, 3.8) is 0 Å². The van der Waals surface area contributed by atoms with Gasteiger partial charge in [-0.1, -0.05) is 12.7 Å². The summed E-state index contributed by atoms with van der Waals surface area (Å²) in [6.45, 7) is 8.20. The summed E-state index contributed by atoms with van der Waals surface area (Å²) in [5.74, 6) is 1.54. The van der Waals surface area contributed by atoms with Crippen LogP contribution in [0.3, 0.4) is 0 Å². The first-order chi connectivity index (χ1) is 15.4. The molecule has 0 unspecified atom stereocenters. The molecule has 0 fully saturated rings. The predicted octanol–water partition coefficient (Wildman–Crippen LogP) is 3.55. The monoisotopic (exact) mass is 445 g/mol. The van der Waals surface area contributed by atoms with Gasteiger partial charge in [0.05, 0.1) is 27.6 Å². The van der Waals surface area contributed by atoms with Crippen LogP contribution in [0.4, 0.5) is 4.39 Å². The first-order valence-corrected chi connectivity index (χ1v) is 10.8. The second-order valence-corrected chi connectivity index (χ2v) is 8.51. The number of aryl methyl sites for hydroxylation is 1. The quantitative estimate of drug-likeness (QED) is 0.443. The van der Waals surface area contributed by atoms with Gasteiger partial charge in [0.15, 0.2) is 11.0 Å². The van der Waals surface area contributed by atoms with Crippen LogP contribution in [-0.2, 0) is 7.05 Å².